The monoisotopic (exact) mass is 180 g/mol. The molecule has 0 aromatic heterocycles. The van der Waals surface area contributed by atoms with Crippen LogP contribution in [0.25, 0.3) is 0 Å². The molecule has 0 heterocycles. The number of nitro groups is 1. The van der Waals surface area contributed by atoms with Crippen molar-refractivity contribution in [1.82, 2.24) is 0 Å². The lowest BCUT2D eigenvalue weighted by Gasteiger charge is -2.28. The van der Waals surface area contributed by atoms with E-state index in [-0.39, 0.29) is 8.73 Å². The lowest BCUT2D eigenvalue weighted by Crippen LogP contribution is -2.40. The van der Waals surface area contributed by atoms with Crippen LogP contribution in [0.2, 0.25) is 0 Å². The molecule has 66 valence electrons. The first-order valence-electron chi connectivity index (χ1n) is 3.15. The number of hydrogen-bond donors (Lipinski definition) is 1. The van der Waals surface area contributed by atoms with E-state index in [2.05, 4.69) is 0 Å². The Kier molecular flexibility index (Phi) is 3.86. The van der Waals surface area contributed by atoms with Gasteiger partial charge in [-0.15, -0.1) is 4.69 Å². The summed E-state index contributed by atoms with van der Waals surface area (Å²) in [5.74, 6) is -0.870. The van der Waals surface area contributed by atoms with Crippen molar-refractivity contribution in [3.05, 3.63) is 10.1 Å². The minimum absolute atomic E-state index is 0.129. The summed E-state index contributed by atoms with van der Waals surface area (Å²) < 4.78 is 0.00231. The molecule has 0 radical (unpaired) electrons. The van der Waals surface area contributed by atoms with Gasteiger partial charge < -0.3 is 19.7 Å². The highest BCUT2D eigenvalue weighted by Crippen LogP contribution is 2.17. The predicted octanol–water partition coefficient (Wildman–Crippen LogP) is 0.149. The molecule has 0 amide bonds. The minimum Gasteiger partial charge on any atom is -0.412 e. The molecule has 0 aliphatic rings. The third-order valence-electron chi connectivity index (χ3n) is 0.939. The fraction of sp³-hybridized carbons (Fsp3) is 1.00. The summed E-state index contributed by atoms with van der Waals surface area (Å²) in [6.07, 6.45) is 0. The second-order valence-corrected chi connectivity index (χ2v) is 4.46. The van der Waals surface area contributed by atoms with E-state index in [0.29, 0.717) is 11.0 Å². The zero-order chi connectivity index (χ0) is 9.07. The van der Waals surface area contributed by atoms with Gasteiger partial charge in [-0.25, -0.2) is 0 Å². The van der Waals surface area contributed by atoms with Crippen molar-refractivity contribution < 1.29 is 14.3 Å². The lowest BCUT2D eigenvalue weighted by molar-refractivity contribution is -0.872. The molecule has 0 rings (SSSR count). The van der Waals surface area contributed by atoms with Crippen LogP contribution >= 0.6 is 8.73 Å². The second kappa shape index (κ2) is 3.95. The standard InChI is InChI=1S/C5H13N2O3P/c1-7(2,3)4-5(8)11-6(9)10/h5,8H,4H2,1-3H3. The van der Waals surface area contributed by atoms with Gasteiger partial charge in [0.1, 0.15) is 0 Å². The highest BCUT2D eigenvalue weighted by atomic mass is 31.1. The van der Waals surface area contributed by atoms with Crippen molar-refractivity contribution in [3.63, 3.8) is 0 Å². The van der Waals surface area contributed by atoms with Crippen molar-refractivity contribution >= 4 is 8.73 Å². The number of aliphatic hydroxyl groups excluding tert-OH is 1. The molecule has 0 spiro atoms. The summed E-state index contributed by atoms with van der Waals surface area (Å²) in [6, 6.07) is 0. The van der Waals surface area contributed by atoms with Crippen LogP contribution in [-0.2, 0) is 0 Å². The van der Waals surface area contributed by atoms with Gasteiger partial charge in [0.05, 0.1) is 27.7 Å². The van der Waals surface area contributed by atoms with Crippen molar-refractivity contribution in [3.8, 4) is 0 Å². The molecule has 6 heteroatoms. The summed E-state index contributed by atoms with van der Waals surface area (Å²) in [5.41, 5.74) is 0. The topological polar surface area (TPSA) is 63.4 Å². The Morgan fingerprint density at radius 1 is 1.64 bits per heavy atom. The largest absolute Gasteiger partial charge is 0.412 e. The number of aliphatic hydroxyl groups is 1. The molecule has 11 heavy (non-hydrogen) atoms. The highest BCUT2D eigenvalue weighted by Gasteiger charge is 2.11. The Labute approximate surface area is 67.6 Å². The molecular formula is C5H13N2O3P. The van der Waals surface area contributed by atoms with Crippen LogP contribution < -0.4 is 0 Å². The Morgan fingerprint density at radius 2 is 2.09 bits per heavy atom. The molecule has 5 nitrogen and oxygen atoms in total. The average molecular weight is 180 g/mol. The minimum atomic E-state index is -0.870. The van der Waals surface area contributed by atoms with E-state index in [1.165, 1.54) is 0 Å². The van der Waals surface area contributed by atoms with E-state index in [1.807, 2.05) is 21.1 Å². The van der Waals surface area contributed by atoms with Gasteiger partial charge in [-0.2, -0.15) is 0 Å². The summed E-state index contributed by atoms with van der Waals surface area (Å²) in [4.78, 5) is 9.92. The van der Waals surface area contributed by atoms with Gasteiger partial charge in [-0.05, 0) is 0 Å². The van der Waals surface area contributed by atoms with Crippen molar-refractivity contribution in [2.24, 2.45) is 0 Å². The van der Waals surface area contributed by atoms with Crippen molar-refractivity contribution in [2.45, 2.75) is 5.85 Å². The van der Waals surface area contributed by atoms with E-state index >= 15 is 0 Å². The summed E-state index contributed by atoms with van der Waals surface area (Å²) in [7, 11) is 5.49. The van der Waals surface area contributed by atoms with Crippen molar-refractivity contribution in [2.75, 3.05) is 27.7 Å². The molecule has 0 bridgehead atoms. The number of likely N-dealkylation sites (N-methyl/N-ethyl adjacent to an activating group) is 1. The SMILES string of the molecule is C[N+](C)(C)CC(O)[P-][N+](=O)[O-]. The molecule has 1 N–H and O–H groups in total. The zero-order valence-electron chi connectivity index (χ0n) is 6.89. The van der Waals surface area contributed by atoms with E-state index < -0.39 is 10.5 Å². The van der Waals surface area contributed by atoms with Gasteiger partial charge in [-0.1, -0.05) is 8.73 Å². The number of rotatable bonds is 4. The molecular weight excluding hydrogens is 167 g/mol. The van der Waals surface area contributed by atoms with E-state index in [0.717, 1.165) is 0 Å². The summed E-state index contributed by atoms with van der Waals surface area (Å²) in [5, 5.41) is 19.0. The van der Waals surface area contributed by atoms with Crippen LogP contribution in [0.15, 0.2) is 0 Å². The summed E-state index contributed by atoms with van der Waals surface area (Å²) >= 11 is 0. The first-order valence-corrected chi connectivity index (χ1v) is 4.06. The van der Waals surface area contributed by atoms with E-state index in [1.54, 1.807) is 0 Å². The molecule has 0 saturated heterocycles. The molecule has 0 aromatic carbocycles. The van der Waals surface area contributed by atoms with Crippen LogP contribution in [0, 0.1) is 10.1 Å². The number of nitrogens with zero attached hydrogens (tertiary/aromatic N) is 2. The fourth-order valence-electron chi connectivity index (χ4n) is 0.635. The van der Waals surface area contributed by atoms with Crippen LogP contribution in [-0.4, -0.2) is 47.8 Å². The molecule has 0 saturated carbocycles. The molecule has 1 atom stereocenters. The molecule has 0 fully saturated rings. The Morgan fingerprint density at radius 3 is 2.36 bits per heavy atom. The highest BCUT2D eigenvalue weighted by molar-refractivity contribution is 7.31. The molecule has 0 aliphatic carbocycles. The Bertz CT molecular complexity index is 145. The lowest BCUT2D eigenvalue weighted by atomic mass is 10.5. The fourth-order valence-corrected chi connectivity index (χ4v) is 1.42. The maximum Gasteiger partial charge on any atom is 0.0828 e. The first-order chi connectivity index (χ1) is 4.81. The van der Waals surface area contributed by atoms with Crippen LogP contribution in [0.5, 0.6) is 0 Å². The van der Waals surface area contributed by atoms with Gasteiger partial charge >= 0.3 is 0 Å². The van der Waals surface area contributed by atoms with E-state index in [9.17, 15) is 10.1 Å². The van der Waals surface area contributed by atoms with Crippen LogP contribution in [0.3, 0.4) is 0 Å². The third-order valence-corrected chi connectivity index (χ3v) is 1.56. The van der Waals surface area contributed by atoms with E-state index in [4.69, 9.17) is 5.11 Å². The normalized spacial score (nSPS) is 15.6. The number of quaternary nitrogens is 1. The van der Waals surface area contributed by atoms with Gasteiger partial charge in [-0.3, -0.25) is 0 Å². The summed E-state index contributed by atoms with van der Waals surface area (Å²) in [6.45, 7) is 0.391. The van der Waals surface area contributed by atoms with Crippen LogP contribution in [0.1, 0.15) is 0 Å². The average Bonchev–Trinajstić information content (AvgIpc) is 1.53. The van der Waals surface area contributed by atoms with Gasteiger partial charge in [0, 0.05) is 5.85 Å². The first kappa shape index (κ1) is 10.8. The maximum atomic E-state index is 9.92. The third kappa shape index (κ3) is 7.65. The van der Waals surface area contributed by atoms with Gasteiger partial charge in [0.25, 0.3) is 0 Å². The predicted molar refractivity (Wildman–Crippen MR) is 42.8 cm³/mol. The Hall–Kier alpha value is -0.250. The van der Waals surface area contributed by atoms with Gasteiger partial charge in [0.15, 0.2) is 0 Å². The smallest absolute Gasteiger partial charge is 0.0828 e. The molecule has 1 unspecified atom stereocenters. The zero-order valence-corrected chi connectivity index (χ0v) is 7.78. The van der Waals surface area contributed by atoms with Crippen LogP contribution in [0.4, 0.5) is 0 Å². The van der Waals surface area contributed by atoms with Crippen molar-refractivity contribution in [1.29, 1.82) is 0 Å². The second-order valence-electron chi connectivity index (χ2n) is 3.31. The van der Waals surface area contributed by atoms with Gasteiger partial charge in [0.2, 0.25) is 0 Å². The maximum absolute atomic E-state index is 9.92. The number of hydrogen-bond acceptors (Lipinski definition) is 3. The Balaban J connectivity index is 3.69. The quantitative estimate of drug-likeness (QED) is 0.290. The molecule has 0 aromatic rings. The molecule has 0 aliphatic heterocycles.